The first-order chi connectivity index (χ1) is 14.8. The summed E-state index contributed by atoms with van der Waals surface area (Å²) in [5.41, 5.74) is 2.35. The third-order valence-electron chi connectivity index (χ3n) is 4.41. The minimum absolute atomic E-state index is 0.0351. The van der Waals surface area contributed by atoms with Crippen molar-refractivity contribution >= 4 is 62.4 Å². The lowest BCUT2D eigenvalue weighted by Gasteiger charge is -2.15. The fourth-order valence-corrected chi connectivity index (χ4v) is 3.90. The fourth-order valence-electron chi connectivity index (χ4n) is 2.78. The van der Waals surface area contributed by atoms with E-state index in [0.717, 1.165) is 15.6 Å². The third-order valence-corrected chi connectivity index (χ3v) is 6.07. The van der Waals surface area contributed by atoms with Gasteiger partial charge in [-0.1, -0.05) is 56.8 Å². The molecule has 2 N–H and O–H groups in total. The Morgan fingerprint density at radius 1 is 1.00 bits per heavy atom. The molecule has 162 valence electrons. The second-order valence-electron chi connectivity index (χ2n) is 6.47. The van der Waals surface area contributed by atoms with E-state index in [-0.39, 0.29) is 17.2 Å². The number of aromatic carboxylic acids is 1. The highest BCUT2D eigenvalue weighted by atomic mass is 79.9. The van der Waals surface area contributed by atoms with Crippen LogP contribution in [-0.4, -0.2) is 18.2 Å². The second-order valence-corrected chi connectivity index (χ2v) is 8.58. The molecule has 0 aliphatic carbocycles. The summed E-state index contributed by atoms with van der Waals surface area (Å²) in [6.07, 6.45) is 0. The van der Waals surface area contributed by atoms with Crippen molar-refractivity contribution in [3.63, 3.8) is 0 Å². The summed E-state index contributed by atoms with van der Waals surface area (Å²) in [7, 11) is 1.56. The molecule has 0 aliphatic rings. The number of anilines is 1. The Balaban J connectivity index is 1.74. The van der Waals surface area contributed by atoms with Crippen molar-refractivity contribution in [1.29, 1.82) is 0 Å². The van der Waals surface area contributed by atoms with Gasteiger partial charge >= 0.3 is 5.97 Å². The Morgan fingerprint density at radius 2 is 1.77 bits per heavy atom. The number of nitrogens with one attached hydrogen (secondary N) is 1. The van der Waals surface area contributed by atoms with Crippen molar-refractivity contribution < 1.29 is 19.4 Å². The van der Waals surface area contributed by atoms with Crippen LogP contribution in [0.4, 0.5) is 5.69 Å². The smallest absolute Gasteiger partial charge is 0.337 e. The number of rotatable bonds is 8. The van der Waals surface area contributed by atoms with E-state index in [9.17, 15) is 9.90 Å². The zero-order chi connectivity index (χ0) is 22.5. The highest BCUT2D eigenvalue weighted by Gasteiger charge is 2.13. The van der Waals surface area contributed by atoms with E-state index in [4.69, 9.17) is 44.3 Å². The maximum atomic E-state index is 11.3. The van der Waals surface area contributed by atoms with Crippen molar-refractivity contribution in [1.82, 2.24) is 0 Å². The largest absolute Gasteiger partial charge is 0.493 e. The van der Waals surface area contributed by atoms with Gasteiger partial charge in [0.1, 0.15) is 6.61 Å². The molecule has 0 heterocycles. The molecule has 5 nitrogen and oxygen atoms in total. The van der Waals surface area contributed by atoms with Gasteiger partial charge in [-0.25, -0.2) is 4.79 Å². The number of hydrogen-bond donors (Lipinski definition) is 2. The molecule has 9 heteroatoms. The predicted molar refractivity (Wildman–Crippen MR) is 127 cm³/mol. The highest BCUT2D eigenvalue weighted by Crippen LogP contribution is 2.35. The Hall–Kier alpha value is -2.12. The Kier molecular flexibility index (Phi) is 7.94. The molecule has 0 unspecified atom stereocenters. The van der Waals surface area contributed by atoms with Crippen LogP contribution < -0.4 is 14.8 Å². The first kappa shape index (κ1) is 23.5. The summed E-state index contributed by atoms with van der Waals surface area (Å²) in [4.78, 5) is 11.3. The van der Waals surface area contributed by atoms with E-state index in [1.165, 1.54) is 6.07 Å². The molecule has 3 aromatic rings. The molecule has 0 aromatic heterocycles. The van der Waals surface area contributed by atoms with Crippen LogP contribution in [0.15, 0.2) is 53.0 Å². The lowest BCUT2D eigenvalue weighted by atomic mass is 10.1. The van der Waals surface area contributed by atoms with Crippen molar-refractivity contribution in [2.75, 3.05) is 12.4 Å². The molecule has 0 amide bonds. The van der Waals surface area contributed by atoms with Crippen LogP contribution in [-0.2, 0) is 13.2 Å². The van der Waals surface area contributed by atoms with E-state index in [0.29, 0.717) is 33.8 Å². The molecule has 31 heavy (non-hydrogen) atoms. The summed E-state index contributed by atoms with van der Waals surface area (Å²) in [6, 6.07) is 13.6. The quantitative estimate of drug-likeness (QED) is 0.311. The molecule has 0 aliphatic heterocycles. The average molecular weight is 546 g/mol. The normalized spacial score (nSPS) is 10.6. The van der Waals surface area contributed by atoms with E-state index >= 15 is 0 Å². The molecule has 3 aromatic carbocycles. The summed E-state index contributed by atoms with van der Waals surface area (Å²) < 4.78 is 12.2. The first-order valence-corrected chi connectivity index (χ1v) is 10.9. The molecule has 0 fully saturated rings. The fraction of sp³-hybridized carbons (Fsp3) is 0.136. The summed E-state index contributed by atoms with van der Waals surface area (Å²) in [5, 5.41) is 13.7. The van der Waals surface area contributed by atoms with Crippen LogP contribution >= 0.6 is 50.7 Å². The van der Waals surface area contributed by atoms with Crippen molar-refractivity contribution in [3.8, 4) is 11.5 Å². The van der Waals surface area contributed by atoms with E-state index in [2.05, 4.69) is 21.2 Å². The van der Waals surface area contributed by atoms with Gasteiger partial charge in [0.05, 0.1) is 17.7 Å². The number of carboxylic acids is 1. The summed E-state index contributed by atoms with van der Waals surface area (Å²) in [5.74, 6) is 0.00927. The number of carboxylic acid groups (broad SMARTS) is 1. The van der Waals surface area contributed by atoms with Gasteiger partial charge < -0.3 is 19.9 Å². The van der Waals surface area contributed by atoms with Gasteiger partial charge in [-0.05, 0) is 48.0 Å². The topological polar surface area (TPSA) is 67.8 Å². The average Bonchev–Trinajstić information content (AvgIpc) is 2.73. The Morgan fingerprint density at radius 3 is 2.45 bits per heavy atom. The van der Waals surface area contributed by atoms with Crippen LogP contribution in [0, 0.1) is 0 Å². The van der Waals surface area contributed by atoms with Gasteiger partial charge in [-0.2, -0.15) is 0 Å². The highest BCUT2D eigenvalue weighted by molar-refractivity contribution is 9.10. The lowest BCUT2D eigenvalue weighted by Crippen LogP contribution is -2.04. The molecule has 0 saturated heterocycles. The van der Waals surface area contributed by atoms with E-state index in [1.807, 2.05) is 18.2 Å². The van der Waals surface area contributed by atoms with Gasteiger partial charge in [0.2, 0.25) is 0 Å². The standard InChI is InChI=1S/C22H17BrCl3NO4/c1-30-20-6-13(10-27-15-4-5-18(25)16(8-15)22(28)29)17(23)9-21(20)31-11-12-2-3-14(24)7-19(12)26/h2-9,27H,10-11H2,1H3,(H,28,29). The van der Waals surface area contributed by atoms with Crippen molar-refractivity contribution in [2.45, 2.75) is 13.2 Å². The number of methoxy groups -OCH3 is 1. The minimum atomic E-state index is -1.08. The van der Waals surface area contributed by atoms with Crippen LogP contribution in [0.25, 0.3) is 0 Å². The SMILES string of the molecule is COc1cc(CNc2ccc(Cl)c(C(=O)O)c2)c(Br)cc1OCc1ccc(Cl)cc1Cl. The van der Waals surface area contributed by atoms with Crippen LogP contribution in [0.3, 0.4) is 0 Å². The van der Waals surface area contributed by atoms with Crippen LogP contribution in [0.1, 0.15) is 21.5 Å². The van der Waals surface area contributed by atoms with Crippen LogP contribution in [0.5, 0.6) is 11.5 Å². The van der Waals surface area contributed by atoms with Gasteiger partial charge in [-0.3, -0.25) is 0 Å². The molecular weight excluding hydrogens is 529 g/mol. The number of halogens is 4. The van der Waals surface area contributed by atoms with Gasteiger partial charge in [0.15, 0.2) is 11.5 Å². The summed E-state index contributed by atoms with van der Waals surface area (Å²) in [6.45, 7) is 0.667. The van der Waals surface area contributed by atoms with Gasteiger partial charge in [-0.15, -0.1) is 0 Å². The molecule has 0 bridgehead atoms. The number of benzene rings is 3. The van der Waals surface area contributed by atoms with Gasteiger partial charge in [0, 0.05) is 32.3 Å². The summed E-state index contributed by atoms with van der Waals surface area (Å²) >= 11 is 21.6. The molecule has 3 rings (SSSR count). The van der Waals surface area contributed by atoms with Gasteiger partial charge in [0.25, 0.3) is 0 Å². The van der Waals surface area contributed by atoms with Crippen LogP contribution in [0.2, 0.25) is 15.1 Å². The predicted octanol–water partition coefficient (Wildman–Crippen LogP) is 7.31. The number of carbonyl (C=O) groups is 1. The maximum Gasteiger partial charge on any atom is 0.337 e. The van der Waals surface area contributed by atoms with Crippen molar-refractivity contribution in [2.24, 2.45) is 0 Å². The maximum absolute atomic E-state index is 11.3. The van der Waals surface area contributed by atoms with E-state index in [1.54, 1.807) is 31.4 Å². The number of ether oxygens (including phenoxy) is 2. The number of hydrogen-bond acceptors (Lipinski definition) is 4. The second kappa shape index (κ2) is 10.5. The molecular formula is C22H17BrCl3NO4. The lowest BCUT2D eigenvalue weighted by molar-refractivity contribution is 0.0697. The van der Waals surface area contributed by atoms with E-state index < -0.39 is 5.97 Å². The Labute approximate surface area is 203 Å². The zero-order valence-electron chi connectivity index (χ0n) is 16.2. The van der Waals surface area contributed by atoms with Crippen molar-refractivity contribution in [3.05, 3.63) is 84.8 Å². The molecule has 0 radical (unpaired) electrons. The Bertz CT molecular complexity index is 1120. The first-order valence-electron chi connectivity index (χ1n) is 8.98. The molecule has 0 atom stereocenters. The third kappa shape index (κ3) is 5.98. The molecule has 0 saturated carbocycles. The monoisotopic (exact) mass is 543 g/mol. The molecule has 0 spiro atoms. The minimum Gasteiger partial charge on any atom is -0.493 e. The zero-order valence-corrected chi connectivity index (χ0v) is 20.1.